The van der Waals surface area contributed by atoms with Crippen molar-refractivity contribution in [1.82, 2.24) is 4.98 Å². The Labute approximate surface area is 161 Å². The number of nitrogens with two attached hydrogens (primary N) is 1. The van der Waals surface area contributed by atoms with Crippen LogP contribution in [0, 0.1) is 5.82 Å². The van der Waals surface area contributed by atoms with Gasteiger partial charge < -0.3 is 11.1 Å². The molecule has 1 spiro atoms. The van der Waals surface area contributed by atoms with E-state index in [1.54, 1.807) is 24.4 Å². The van der Waals surface area contributed by atoms with E-state index in [9.17, 15) is 4.79 Å². The van der Waals surface area contributed by atoms with Gasteiger partial charge in [-0.25, -0.2) is 9.37 Å². The third-order valence-electron chi connectivity index (χ3n) is 6.35. The summed E-state index contributed by atoms with van der Waals surface area (Å²) in [5.41, 5.74) is 6.82. The molecule has 3 N–H and O–H groups in total. The molecule has 2 heterocycles. The number of amides is 1. The topological polar surface area (TPSA) is 68.0 Å². The minimum atomic E-state index is -0.880. The monoisotopic (exact) mass is 383 g/mol. The molecular weight excluding hydrogens is 365 g/mol. The molecule has 4 nitrogen and oxygen atoms in total. The normalized spacial score (nSPS) is 20.5. The number of halogens is 2. The predicted molar refractivity (Wildman–Crippen MR) is 103 cm³/mol. The van der Waals surface area contributed by atoms with E-state index in [2.05, 4.69) is 22.5 Å². The van der Waals surface area contributed by atoms with E-state index in [4.69, 9.17) is 17.3 Å². The number of nitrogens with zero attached hydrogens (tertiary/aromatic N) is 1. The number of benzene rings is 1. The van der Waals surface area contributed by atoms with Crippen LogP contribution in [0.1, 0.15) is 36.8 Å². The van der Waals surface area contributed by atoms with Crippen LogP contribution in [0.5, 0.6) is 0 Å². The molecule has 1 aromatic carbocycles. The summed E-state index contributed by atoms with van der Waals surface area (Å²) in [6.45, 7) is 0.777. The Balaban J connectivity index is 1.67. The highest BCUT2D eigenvalue weighted by Gasteiger charge is 2.52. The maximum absolute atomic E-state index is 15.4. The summed E-state index contributed by atoms with van der Waals surface area (Å²) >= 11 is 6.81. The van der Waals surface area contributed by atoms with Crippen LogP contribution in [-0.4, -0.2) is 17.4 Å². The van der Waals surface area contributed by atoms with E-state index >= 15 is 4.39 Å². The molecule has 1 aromatic heterocycles. The van der Waals surface area contributed by atoms with Crippen molar-refractivity contribution in [2.45, 2.75) is 36.5 Å². The zero-order chi connectivity index (χ0) is 18.8. The molecule has 138 valence electrons. The SMILES string of the molecule is NC(=O)C1(c2cccc(-c3cnc4c(c3Cl)C3(CC=CC3)CN4)c2F)CC1. The Bertz CT molecular complexity index is 1000. The summed E-state index contributed by atoms with van der Waals surface area (Å²) in [4.78, 5) is 16.4. The Morgan fingerprint density at radius 1 is 1.22 bits per heavy atom. The number of aromatic nitrogens is 1. The minimum Gasteiger partial charge on any atom is -0.369 e. The van der Waals surface area contributed by atoms with Gasteiger partial charge in [0.25, 0.3) is 0 Å². The van der Waals surface area contributed by atoms with Crippen LogP contribution >= 0.6 is 11.6 Å². The molecule has 6 heteroatoms. The van der Waals surface area contributed by atoms with Gasteiger partial charge in [0.15, 0.2) is 0 Å². The quantitative estimate of drug-likeness (QED) is 0.785. The average Bonchev–Trinajstić information content (AvgIpc) is 3.20. The van der Waals surface area contributed by atoms with Crippen molar-refractivity contribution in [3.63, 3.8) is 0 Å². The molecular formula is C21H19ClFN3O. The maximum atomic E-state index is 15.4. The Morgan fingerprint density at radius 2 is 1.96 bits per heavy atom. The number of carbonyl (C=O) groups is 1. The lowest BCUT2D eigenvalue weighted by atomic mass is 9.80. The van der Waals surface area contributed by atoms with Gasteiger partial charge in [-0.1, -0.05) is 42.0 Å². The fraction of sp³-hybridized carbons (Fsp3) is 0.333. The molecule has 1 amide bonds. The number of anilines is 1. The first-order valence-electron chi connectivity index (χ1n) is 9.16. The van der Waals surface area contributed by atoms with Crippen LogP contribution in [-0.2, 0) is 15.6 Å². The molecule has 0 atom stereocenters. The second kappa shape index (κ2) is 5.55. The van der Waals surface area contributed by atoms with Crippen LogP contribution in [0.3, 0.4) is 0 Å². The van der Waals surface area contributed by atoms with E-state index in [1.165, 1.54) is 0 Å². The van der Waals surface area contributed by atoms with Gasteiger partial charge in [-0.2, -0.15) is 0 Å². The van der Waals surface area contributed by atoms with Crippen LogP contribution in [0.4, 0.5) is 10.2 Å². The van der Waals surface area contributed by atoms with Gasteiger partial charge in [0, 0.05) is 40.4 Å². The second-order valence-electron chi connectivity index (χ2n) is 7.84. The van der Waals surface area contributed by atoms with Crippen LogP contribution < -0.4 is 11.1 Å². The number of primary amides is 1. The van der Waals surface area contributed by atoms with Crippen molar-refractivity contribution in [2.75, 3.05) is 11.9 Å². The molecule has 1 fully saturated rings. The van der Waals surface area contributed by atoms with E-state index in [0.717, 1.165) is 30.8 Å². The summed E-state index contributed by atoms with van der Waals surface area (Å²) in [5, 5.41) is 3.87. The number of allylic oxidation sites excluding steroid dienone is 2. The molecule has 2 aliphatic carbocycles. The summed E-state index contributed by atoms with van der Waals surface area (Å²) in [6, 6.07) is 5.09. The predicted octanol–water partition coefficient (Wildman–Crippen LogP) is 4.07. The van der Waals surface area contributed by atoms with E-state index in [1.807, 2.05) is 0 Å². The summed E-state index contributed by atoms with van der Waals surface area (Å²) in [6.07, 6.45) is 8.88. The van der Waals surface area contributed by atoms with Gasteiger partial charge in [-0.15, -0.1) is 0 Å². The van der Waals surface area contributed by atoms with E-state index < -0.39 is 17.1 Å². The number of rotatable bonds is 3. The first-order chi connectivity index (χ1) is 13.0. The van der Waals surface area contributed by atoms with Crippen molar-refractivity contribution in [3.05, 3.63) is 58.5 Å². The first kappa shape index (κ1) is 16.8. The third-order valence-corrected chi connectivity index (χ3v) is 6.74. The molecule has 2 aromatic rings. The van der Waals surface area contributed by atoms with Gasteiger partial charge in [0.1, 0.15) is 11.6 Å². The van der Waals surface area contributed by atoms with Crippen molar-refractivity contribution in [3.8, 4) is 11.1 Å². The van der Waals surface area contributed by atoms with Gasteiger partial charge in [0.2, 0.25) is 5.91 Å². The van der Waals surface area contributed by atoms with Crippen molar-refractivity contribution < 1.29 is 9.18 Å². The largest absolute Gasteiger partial charge is 0.369 e. The minimum absolute atomic E-state index is 0.103. The Kier molecular flexibility index (Phi) is 3.44. The van der Waals surface area contributed by atoms with E-state index in [-0.39, 0.29) is 5.41 Å². The molecule has 0 unspecified atom stereocenters. The van der Waals surface area contributed by atoms with Crippen LogP contribution in [0.2, 0.25) is 5.02 Å². The highest BCUT2D eigenvalue weighted by Crippen LogP contribution is 2.52. The summed E-state index contributed by atoms with van der Waals surface area (Å²) in [5.74, 6) is -0.126. The highest BCUT2D eigenvalue weighted by atomic mass is 35.5. The number of nitrogens with one attached hydrogen (secondary N) is 1. The standard InChI is InChI=1S/C21H19ClFN3O/c22-16-13(10-25-18-15(16)20(11-26-18)6-1-2-7-20)12-4-3-5-14(17(12)23)21(8-9-21)19(24)27/h1-5,10H,6-9,11H2,(H2,24,27)(H,25,26). The van der Waals surface area contributed by atoms with E-state index in [0.29, 0.717) is 34.6 Å². The molecule has 0 radical (unpaired) electrons. The highest BCUT2D eigenvalue weighted by molar-refractivity contribution is 6.34. The first-order valence-corrected chi connectivity index (χ1v) is 9.53. The van der Waals surface area contributed by atoms with Crippen LogP contribution in [0.15, 0.2) is 36.5 Å². The van der Waals surface area contributed by atoms with Gasteiger partial charge in [-0.3, -0.25) is 4.79 Å². The lowest BCUT2D eigenvalue weighted by Crippen LogP contribution is -2.29. The lowest BCUT2D eigenvalue weighted by Gasteiger charge is -2.24. The molecule has 0 saturated heterocycles. The summed E-state index contributed by atoms with van der Waals surface area (Å²) < 4.78 is 15.4. The van der Waals surface area contributed by atoms with Gasteiger partial charge >= 0.3 is 0 Å². The van der Waals surface area contributed by atoms with Crippen LogP contribution in [0.25, 0.3) is 11.1 Å². The van der Waals surface area contributed by atoms with Crippen molar-refractivity contribution in [2.24, 2.45) is 5.73 Å². The number of hydrogen-bond acceptors (Lipinski definition) is 3. The Hall–Kier alpha value is -2.40. The summed E-state index contributed by atoms with van der Waals surface area (Å²) in [7, 11) is 0. The molecule has 27 heavy (non-hydrogen) atoms. The van der Waals surface area contributed by atoms with Crippen molar-refractivity contribution >= 4 is 23.3 Å². The van der Waals surface area contributed by atoms with Gasteiger partial charge in [0.05, 0.1) is 10.4 Å². The zero-order valence-electron chi connectivity index (χ0n) is 14.7. The molecule has 0 bridgehead atoms. The number of pyridine rings is 1. The third kappa shape index (κ3) is 2.21. The molecule has 1 saturated carbocycles. The zero-order valence-corrected chi connectivity index (χ0v) is 15.4. The van der Waals surface area contributed by atoms with Gasteiger partial charge in [-0.05, 0) is 25.7 Å². The number of fused-ring (bicyclic) bond motifs is 2. The number of hydrogen-bond donors (Lipinski definition) is 2. The number of carbonyl (C=O) groups excluding carboxylic acids is 1. The second-order valence-corrected chi connectivity index (χ2v) is 8.21. The molecule has 5 rings (SSSR count). The van der Waals surface area contributed by atoms with Crippen molar-refractivity contribution in [1.29, 1.82) is 0 Å². The average molecular weight is 384 g/mol. The Morgan fingerprint density at radius 3 is 2.63 bits per heavy atom. The molecule has 1 aliphatic heterocycles. The maximum Gasteiger partial charge on any atom is 0.228 e. The molecule has 3 aliphatic rings. The smallest absolute Gasteiger partial charge is 0.228 e. The lowest BCUT2D eigenvalue weighted by molar-refractivity contribution is -0.120. The fourth-order valence-electron chi connectivity index (χ4n) is 4.57. The fourth-order valence-corrected chi connectivity index (χ4v) is 5.01.